The number of thiazole rings is 1. The highest BCUT2D eigenvalue weighted by Gasteiger charge is 2.21. The fourth-order valence-corrected chi connectivity index (χ4v) is 5.06. The summed E-state index contributed by atoms with van der Waals surface area (Å²) >= 11 is 1.53. The van der Waals surface area contributed by atoms with Crippen LogP contribution in [-0.4, -0.2) is 31.1 Å². The number of imidazole rings is 1. The Hall–Kier alpha value is -4.02. The van der Waals surface area contributed by atoms with Crippen molar-refractivity contribution in [3.8, 4) is 28.5 Å². The van der Waals surface area contributed by atoms with E-state index in [4.69, 9.17) is 20.2 Å². The van der Waals surface area contributed by atoms with Gasteiger partial charge in [-0.05, 0) is 37.6 Å². The summed E-state index contributed by atoms with van der Waals surface area (Å²) in [7, 11) is 0. The zero-order valence-electron chi connectivity index (χ0n) is 21.1. The molecular weight excluding hydrogens is 505 g/mol. The van der Waals surface area contributed by atoms with Crippen molar-refractivity contribution in [2.75, 3.05) is 12.3 Å². The normalized spacial score (nSPS) is 12.1. The minimum atomic E-state index is -0.458. The van der Waals surface area contributed by atoms with Gasteiger partial charge in [-0.25, -0.2) is 19.3 Å². The second-order valence-corrected chi connectivity index (χ2v) is 10.2. The third-order valence-electron chi connectivity index (χ3n) is 6.09. The molecule has 0 amide bonds. The largest absolute Gasteiger partial charge is 0.488 e. The first-order valence-electron chi connectivity index (χ1n) is 12.3. The van der Waals surface area contributed by atoms with Gasteiger partial charge < -0.3 is 20.3 Å². The number of aliphatic hydroxyl groups is 1. The van der Waals surface area contributed by atoms with Gasteiger partial charge in [-0.2, -0.15) is 0 Å². The minimum Gasteiger partial charge on any atom is -0.488 e. The fraction of sp³-hybridized carbons (Fsp3) is 0.250. The predicted octanol–water partition coefficient (Wildman–Crippen LogP) is 6.13. The van der Waals surface area contributed by atoms with Crippen molar-refractivity contribution in [1.29, 1.82) is 0 Å². The van der Waals surface area contributed by atoms with E-state index in [9.17, 15) is 9.50 Å². The van der Waals surface area contributed by atoms with E-state index >= 15 is 0 Å². The van der Waals surface area contributed by atoms with E-state index in [2.05, 4.69) is 16.9 Å². The van der Waals surface area contributed by atoms with Crippen LogP contribution in [0.1, 0.15) is 41.4 Å². The Morgan fingerprint density at radius 1 is 1.11 bits per heavy atom. The van der Waals surface area contributed by atoms with Crippen LogP contribution >= 0.6 is 11.3 Å². The highest BCUT2D eigenvalue weighted by atomic mass is 32.1. The lowest BCUT2D eigenvalue weighted by Crippen LogP contribution is -2.09. The number of fused-ring (bicyclic) bond motifs is 1. The number of nitrogens with zero attached hydrogens (tertiary/aromatic N) is 4. The van der Waals surface area contributed by atoms with Crippen LogP contribution in [0.15, 0.2) is 61.1 Å². The molecule has 3 N–H and O–H groups in total. The first kappa shape index (κ1) is 25.6. The van der Waals surface area contributed by atoms with Gasteiger partial charge in [0.1, 0.15) is 52.5 Å². The lowest BCUT2D eigenvalue weighted by molar-refractivity contribution is 0.253. The average Bonchev–Trinajstić information content (AvgIpc) is 3.50. The predicted molar refractivity (Wildman–Crippen MR) is 145 cm³/mol. The summed E-state index contributed by atoms with van der Waals surface area (Å²) in [4.78, 5) is 14.3. The van der Waals surface area contributed by atoms with Crippen molar-refractivity contribution in [1.82, 2.24) is 19.4 Å². The second-order valence-electron chi connectivity index (χ2n) is 8.90. The smallest absolute Gasteiger partial charge is 0.150 e. The molecule has 0 aliphatic carbocycles. The van der Waals surface area contributed by atoms with Crippen molar-refractivity contribution in [2.24, 2.45) is 0 Å². The standard InChI is InChI=1S/C28H28FN5O3S/c1-3-4-19(15-35)28-33-25(26-27(30)31-9-10-34(26)28)18-5-7-21(8-6-18)37-23-12-20(29)11-22(13-23)36-16-24-14-32-17(2)38-24/h5-14,19,35H,3-4,15-16H2,1-2H3,(H2,30,31)/t19-/m1/s1. The average molecular weight is 534 g/mol. The lowest BCUT2D eigenvalue weighted by Gasteiger charge is -2.11. The van der Waals surface area contributed by atoms with Gasteiger partial charge >= 0.3 is 0 Å². The second kappa shape index (κ2) is 11.2. The first-order chi connectivity index (χ1) is 18.4. The van der Waals surface area contributed by atoms with Gasteiger partial charge in [-0.15, -0.1) is 11.3 Å². The monoisotopic (exact) mass is 533 g/mol. The number of hydrogen-bond acceptors (Lipinski definition) is 8. The van der Waals surface area contributed by atoms with Crippen LogP contribution in [0.3, 0.4) is 0 Å². The maximum absolute atomic E-state index is 14.3. The summed E-state index contributed by atoms with van der Waals surface area (Å²) in [5, 5.41) is 10.9. The summed E-state index contributed by atoms with van der Waals surface area (Å²) < 4.78 is 27.8. The van der Waals surface area contributed by atoms with Gasteiger partial charge in [0.15, 0.2) is 0 Å². The molecule has 8 nitrogen and oxygen atoms in total. The molecule has 5 rings (SSSR count). The number of rotatable bonds is 10. The molecule has 2 aromatic carbocycles. The Kier molecular flexibility index (Phi) is 7.52. The fourth-order valence-electron chi connectivity index (χ4n) is 4.35. The number of nitrogens with two attached hydrogens (primary N) is 1. The molecule has 0 bridgehead atoms. The van der Waals surface area contributed by atoms with Crippen molar-refractivity contribution >= 4 is 22.7 Å². The van der Waals surface area contributed by atoms with Gasteiger partial charge in [0.05, 0.1) is 16.5 Å². The number of hydrogen-bond donors (Lipinski definition) is 2. The highest BCUT2D eigenvalue weighted by molar-refractivity contribution is 7.11. The summed E-state index contributed by atoms with van der Waals surface area (Å²) in [5.41, 5.74) is 8.42. The molecule has 0 unspecified atom stereocenters. The molecule has 10 heteroatoms. The van der Waals surface area contributed by atoms with E-state index in [1.165, 1.54) is 23.5 Å². The molecule has 0 spiro atoms. The van der Waals surface area contributed by atoms with Crippen LogP contribution in [0.25, 0.3) is 16.8 Å². The summed E-state index contributed by atoms with van der Waals surface area (Å²) in [5.74, 6) is 1.74. The van der Waals surface area contributed by atoms with E-state index in [-0.39, 0.29) is 12.5 Å². The van der Waals surface area contributed by atoms with E-state index in [1.807, 2.05) is 29.7 Å². The van der Waals surface area contributed by atoms with Gasteiger partial charge in [0.25, 0.3) is 0 Å². The number of nitrogen functional groups attached to an aromatic ring is 1. The number of halogens is 1. The molecule has 196 valence electrons. The minimum absolute atomic E-state index is 0.00933. The topological polar surface area (TPSA) is 108 Å². The van der Waals surface area contributed by atoms with E-state index in [1.54, 1.807) is 30.6 Å². The van der Waals surface area contributed by atoms with Gasteiger partial charge in [-0.3, -0.25) is 4.40 Å². The van der Waals surface area contributed by atoms with Gasteiger partial charge in [0, 0.05) is 48.3 Å². The molecule has 3 heterocycles. The SMILES string of the molecule is CCC[C@H](CO)c1nc(-c2ccc(Oc3cc(F)cc(OCc4cnc(C)s4)c3)cc2)c2c(N)nccn12. The first-order valence-corrected chi connectivity index (χ1v) is 13.1. The van der Waals surface area contributed by atoms with Crippen LogP contribution < -0.4 is 15.2 Å². The van der Waals surface area contributed by atoms with E-state index < -0.39 is 5.82 Å². The van der Waals surface area contributed by atoms with Crippen molar-refractivity contribution in [2.45, 2.75) is 39.2 Å². The summed E-state index contributed by atoms with van der Waals surface area (Å²) in [6, 6.07) is 11.6. The van der Waals surface area contributed by atoms with Crippen molar-refractivity contribution in [3.05, 3.63) is 82.6 Å². The Bertz CT molecular complexity index is 1550. The van der Waals surface area contributed by atoms with Crippen LogP contribution in [0, 0.1) is 12.7 Å². The number of aliphatic hydroxyl groups excluding tert-OH is 1. The number of ether oxygens (including phenoxy) is 2. The van der Waals surface area contributed by atoms with Crippen LogP contribution in [0.5, 0.6) is 17.2 Å². The van der Waals surface area contributed by atoms with Crippen LogP contribution in [-0.2, 0) is 6.61 Å². The van der Waals surface area contributed by atoms with E-state index in [0.717, 1.165) is 34.1 Å². The van der Waals surface area contributed by atoms with Crippen LogP contribution in [0.4, 0.5) is 10.2 Å². The van der Waals surface area contributed by atoms with Gasteiger partial charge in [0.2, 0.25) is 0 Å². The molecule has 0 saturated heterocycles. The zero-order valence-corrected chi connectivity index (χ0v) is 21.9. The third kappa shape index (κ3) is 5.46. The summed E-state index contributed by atoms with van der Waals surface area (Å²) in [6.07, 6.45) is 6.91. The highest BCUT2D eigenvalue weighted by Crippen LogP contribution is 2.34. The van der Waals surface area contributed by atoms with Gasteiger partial charge in [-0.1, -0.05) is 13.3 Å². The van der Waals surface area contributed by atoms with Crippen LogP contribution in [0.2, 0.25) is 0 Å². The molecule has 0 saturated carbocycles. The molecule has 5 aromatic rings. The molecule has 3 aromatic heterocycles. The summed E-state index contributed by atoms with van der Waals surface area (Å²) in [6.45, 7) is 4.29. The Labute approximate surface area is 223 Å². The molecule has 0 aliphatic heterocycles. The third-order valence-corrected chi connectivity index (χ3v) is 6.98. The number of aromatic nitrogens is 4. The Balaban J connectivity index is 1.38. The molecule has 0 radical (unpaired) electrons. The number of aryl methyl sites for hydroxylation is 1. The lowest BCUT2D eigenvalue weighted by atomic mass is 10.0. The van der Waals surface area contributed by atoms with Crippen molar-refractivity contribution in [3.63, 3.8) is 0 Å². The van der Waals surface area contributed by atoms with E-state index in [0.29, 0.717) is 40.9 Å². The maximum Gasteiger partial charge on any atom is 0.150 e. The quantitative estimate of drug-likeness (QED) is 0.222. The Morgan fingerprint density at radius 2 is 1.89 bits per heavy atom. The maximum atomic E-state index is 14.3. The molecular formula is C28H28FN5O3S. The number of benzene rings is 2. The number of anilines is 1. The Morgan fingerprint density at radius 3 is 2.61 bits per heavy atom. The molecule has 38 heavy (non-hydrogen) atoms. The molecule has 0 aliphatic rings. The zero-order chi connectivity index (χ0) is 26.6. The molecule has 0 fully saturated rings. The van der Waals surface area contributed by atoms with Crippen molar-refractivity contribution < 1.29 is 19.0 Å². The molecule has 1 atom stereocenters.